The summed E-state index contributed by atoms with van der Waals surface area (Å²) in [4.78, 5) is 14.7. The molecule has 0 aliphatic rings. The van der Waals surface area contributed by atoms with Gasteiger partial charge < -0.3 is 0 Å². The van der Waals surface area contributed by atoms with Gasteiger partial charge in [0.25, 0.3) is 0 Å². The molecule has 0 atom stereocenters. The lowest BCUT2D eigenvalue weighted by atomic mass is 10.2. The molecule has 3 nitrogen and oxygen atoms in total. The first kappa shape index (κ1) is 8.43. The van der Waals surface area contributed by atoms with Crippen molar-refractivity contribution in [1.82, 2.24) is 5.06 Å². The highest BCUT2D eigenvalue weighted by atomic mass is 16.7. The highest BCUT2D eigenvalue weighted by molar-refractivity contribution is 5.44. The number of amides is 1. The van der Waals surface area contributed by atoms with E-state index in [1.165, 1.54) is 12.2 Å². The minimum Gasteiger partial charge on any atom is -0.276 e. The maximum absolute atomic E-state index is 10.1. The van der Waals surface area contributed by atoms with Crippen molar-refractivity contribution < 1.29 is 9.63 Å². The van der Waals surface area contributed by atoms with Crippen LogP contribution in [0.4, 0.5) is 0 Å². The van der Waals surface area contributed by atoms with Gasteiger partial charge in [-0.3, -0.25) is 9.63 Å². The van der Waals surface area contributed by atoms with Crippen LogP contribution in [-0.4, -0.2) is 25.1 Å². The smallest absolute Gasteiger partial charge is 0.233 e. The Hall–Kier alpha value is -0.570. The molecule has 0 spiro atoms. The van der Waals surface area contributed by atoms with Crippen LogP contribution >= 0.6 is 0 Å². The third kappa shape index (κ3) is 3.97. The Kier molecular flexibility index (Phi) is 4.05. The van der Waals surface area contributed by atoms with Gasteiger partial charge in [-0.1, -0.05) is 13.8 Å². The topological polar surface area (TPSA) is 29.5 Å². The van der Waals surface area contributed by atoms with Crippen molar-refractivity contribution in [2.24, 2.45) is 5.92 Å². The van der Waals surface area contributed by atoms with Gasteiger partial charge in [-0.05, 0) is 5.92 Å². The minimum absolute atomic E-state index is 0.454. The predicted octanol–water partition coefficient (Wildman–Crippen LogP) is 0.662. The van der Waals surface area contributed by atoms with Crippen LogP contribution < -0.4 is 0 Å². The van der Waals surface area contributed by atoms with Gasteiger partial charge in [-0.25, -0.2) is 5.06 Å². The quantitative estimate of drug-likeness (QED) is 0.414. The summed E-state index contributed by atoms with van der Waals surface area (Å²) in [5.74, 6) is 0.454. The fourth-order valence-corrected chi connectivity index (χ4v) is 0.520. The van der Waals surface area contributed by atoms with E-state index >= 15 is 0 Å². The molecule has 9 heavy (non-hydrogen) atoms. The summed E-state index contributed by atoms with van der Waals surface area (Å²) in [7, 11) is 1.48. The third-order valence-corrected chi connectivity index (χ3v) is 0.897. The zero-order valence-corrected chi connectivity index (χ0v) is 6.13. The van der Waals surface area contributed by atoms with Crippen molar-refractivity contribution in [3.8, 4) is 0 Å². The second-order valence-electron chi connectivity index (χ2n) is 2.28. The summed E-state index contributed by atoms with van der Waals surface area (Å²) in [6.45, 7) is 4.70. The number of hydrogen-bond acceptors (Lipinski definition) is 2. The van der Waals surface area contributed by atoms with Crippen LogP contribution in [0.25, 0.3) is 0 Å². The van der Waals surface area contributed by atoms with Gasteiger partial charge in [0.2, 0.25) is 6.41 Å². The van der Waals surface area contributed by atoms with Crippen LogP contribution in [0, 0.1) is 5.92 Å². The second kappa shape index (κ2) is 4.32. The van der Waals surface area contributed by atoms with Crippen molar-refractivity contribution in [3.05, 3.63) is 0 Å². The first-order valence-corrected chi connectivity index (χ1v) is 2.96. The van der Waals surface area contributed by atoms with Crippen LogP contribution in [0.15, 0.2) is 0 Å². The lowest BCUT2D eigenvalue weighted by molar-refractivity contribution is -0.163. The number of nitrogens with zero attached hydrogens (tertiary/aromatic N) is 1. The SMILES string of the molecule is CON(C=O)CC(C)C. The fraction of sp³-hybridized carbons (Fsp3) is 0.833. The Morgan fingerprint density at radius 1 is 1.67 bits per heavy atom. The van der Waals surface area contributed by atoms with E-state index in [2.05, 4.69) is 4.84 Å². The molecule has 1 amide bonds. The highest BCUT2D eigenvalue weighted by Crippen LogP contribution is 1.94. The maximum Gasteiger partial charge on any atom is 0.233 e. The zero-order valence-electron chi connectivity index (χ0n) is 6.13. The second-order valence-corrected chi connectivity index (χ2v) is 2.28. The molecule has 0 unspecified atom stereocenters. The Morgan fingerprint density at radius 2 is 2.22 bits per heavy atom. The van der Waals surface area contributed by atoms with E-state index in [0.717, 1.165) is 0 Å². The molecule has 0 heterocycles. The average Bonchev–Trinajstić information content (AvgIpc) is 1.82. The molecule has 0 aromatic heterocycles. The summed E-state index contributed by atoms with van der Waals surface area (Å²) in [5.41, 5.74) is 0. The van der Waals surface area contributed by atoms with Gasteiger partial charge in [-0.15, -0.1) is 0 Å². The molecule has 0 aliphatic carbocycles. The van der Waals surface area contributed by atoms with Crippen LogP contribution in [-0.2, 0) is 9.63 Å². The van der Waals surface area contributed by atoms with Crippen LogP contribution in [0.1, 0.15) is 13.8 Å². The van der Waals surface area contributed by atoms with Crippen LogP contribution in [0.3, 0.4) is 0 Å². The highest BCUT2D eigenvalue weighted by Gasteiger charge is 2.00. The molecule has 0 rings (SSSR count). The fourth-order valence-electron chi connectivity index (χ4n) is 0.520. The third-order valence-electron chi connectivity index (χ3n) is 0.897. The number of rotatable bonds is 4. The van der Waals surface area contributed by atoms with Gasteiger partial charge in [0.05, 0.1) is 13.7 Å². The van der Waals surface area contributed by atoms with Gasteiger partial charge in [0.1, 0.15) is 0 Å². The van der Waals surface area contributed by atoms with Gasteiger partial charge in [0, 0.05) is 0 Å². The molecule has 0 saturated heterocycles. The largest absolute Gasteiger partial charge is 0.276 e. The number of hydroxylamine groups is 2. The van der Waals surface area contributed by atoms with E-state index in [-0.39, 0.29) is 0 Å². The molecular formula is C6H13NO2. The minimum atomic E-state index is 0.454. The van der Waals surface area contributed by atoms with E-state index in [9.17, 15) is 4.79 Å². The molecule has 0 bridgehead atoms. The predicted molar refractivity (Wildman–Crippen MR) is 34.6 cm³/mol. The van der Waals surface area contributed by atoms with Crippen molar-refractivity contribution >= 4 is 6.41 Å². The summed E-state index contributed by atoms with van der Waals surface area (Å²) in [6.07, 6.45) is 0.681. The van der Waals surface area contributed by atoms with Gasteiger partial charge >= 0.3 is 0 Å². The molecule has 0 radical (unpaired) electrons. The van der Waals surface area contributed by atoms with Gasteiger partial charge in [0.15, 0.2) is 0 Å². The van der Waals surface area contributed by atoms with E-state index in [1.54, 1.807) is 0 Å². The molecule has 0 aromatic rings. The molecule has 0 fully saturated rings. The summed E-state index contributed by atoms with van der Waals surface area (Å²) in [6, 6.07) is 0. The lowest BCUT2D eigenvalue weighted by Gasteiger charge is -2.15. The van der Waals surface area contributed by atoms with Crippen molar-refractivity contribution in [2.75, 3.05) is 13.7 Å². The molecule has 54 valence electrons. The zero-order chi connectivity index (χ0) is 7.28. The van der Waals surface area contributed by atoms with Crippen molar-refractivity contribution in [3.63, 3.8) is 0 Å². The first-order valence-electron chi connectivity index (χ1n) is 2.96. The normalized spacial score (nSPS) is 9.78. The number of carbonyl (C=O) groups excluding carboxylic acids is 1. The molecular weight excluding hydrogens is 118 g/mol. The standard InChI is InChI=1S/C6H13NO2/c1-6(2)4-7(5-8)9-3/h5-6H,4H2,1-3H3. The van der Waals surface area contributed by atoms with E-state index in [4.69, 9.17) is 0 Å². The van der Waals surface area contributed by atoms with Crippen molar-refractivity contribution in [1.29, 1.82) is 0 Å². The van der Waals surface area contributed by atoms with Gasteiger partial charge in [-0.2, -0.15) is 0 Å². The average molecular weight is 131 g/mol. The lowest BCUT2D eigenvalue weighted by Crippen LogP contribution is -2.24. The number of carbonyl (C=O) groups is 1. The van der Waals surface area contributed by atoms with E-state index < -0.39 is 0 Å². The summed E-state index contributed by atoms with van der Waals surface area (Å²) in [5, 5.41) is 1.27. The summed E-state index contributed by atoms with van der Waals surface area (Å²) < 4.78 is 0. The molecule has 0 aliphatic heterocycles. The Morgan fingerprint density at radius 3 is 2.33 bits per heavy atom. The van der Waals surface area contributed by atoms with E-state index in [1.807, 2.05) is 13.8 Å². The van der Waals surface area contributed by atoms with Crippen LogP contribution in [0.5, 0.6) is 0 Å². The monoisotopic (exact) mass is 131 g/mol. The Bertz CT molecular complexity index is 83.1. The summed E-state index contributed by atoms with van der Waals surface area (Å²) >= 11 is 0. The Labute approximate surface area is 55.6 Å². The first-order chi connectivity index (χ1) is 4.20. The maximum atomic E-state index is 10.1. The molecule has 0 N–H and O–H groups in total. The van der Waals surface area contributed by atoms with Crippen LogP contribution in [0.2, 0.25) is 0 Å². The number of hydrogen-bond donors (Lipinski definition) is 0. The van der Waals surface area contributed by atoms with E-state index in [0.29, 0.717) is 18.9 Å². The molecule has 0 saturated carbocycles. The Balaban J connectivity index is 3.42. The van der Waals surface area contributed by atoms with Crippen molar-refractivity contribution in [2.45, 2.75) is 13.8 Å². The molecule has 0 aromatic carbocycles. The molecule has 3 heteroatoms.